The minimum atomic E-state index is -0.355. The Morgan fingerprint density at radius 2 is 1.65 bits per heavy atom. The summed E-state index contributed by atoms with van der Waals surface area (Å²) >= 11 is 0. The molecule has 109 valence electrons. The third-order valence-corrected chi connectivity index (χ3v) is 3.56. The highest BCUT2D eigenvalue weighted by Crippen LogP contribution is 2.14. The summed E-state index contributed by atoms with van der Waals surface area (Å²) in [4.78, 5) is 15.1. The first-order valence-corrected chi connectivity index (χ1v) is 7.01. The molecule has 1 aromatic rings. The minimum absolute atomic E-state index is 0.160. The molecule has 0 amide bonds. The average molecular weight is 276 g/mol. The average Bonchev–Trinajstić information content (AvgIpc) is 2.41. The fraction of sp³-hybridized carbons (Fsp3) is 0.533. The van der Waals surface area contributed by atoms with Crippen LogP contribution >= 0.6 is 0 Å². The van der Waals surface area contributed by atoms with Crippen molar-refractivity contribution >= 4 is 5.69 Å². The van der Waals surface area contributed by atoms with Crippen molar-refractivity contribution in [3.05, 3.63) is 45.9 Å². The highest BCUT2D eigenvalue weighted by atomic mass is 16.6. The molecule has 0 aliphatic carbocycles. The van der Waals surface area contributed by atoms with Crippen molar-refractivity contribution in [2.75, 3.05) is 32.7 Å². The van der Waals surface area contributed by atoms with Gasteiger partial charge in [-0.25, -0.2) is 0 Å². The fourth-order valence-electron chi connectivity index (χ4n) is 2.53. The van der Waals surface area contributed by atoms with Crippen molar-refractivity contribution in [1.82, 2.24) is 9.80 Å². The number of benzene rings is 1. The zero-order valence-electron chi connectivity index (χ0n) is 12.2. The summed E-state index contributed by atoms with van der Waals surface area (Å²) in [7, 11) is 0. The van der Waals surface area contributed by atoms with Crippen LogP contribution in [0.5, 0.6) is 0 Å². The number of nitro groups is 1. The van der Waals surface area contributed by atoms with Crippen LogP contribution in [0.15, 0.2) is 24.3 Å². The summed E-state index contributed by atoms with van der Waals surface area (Å²) in [5.41, 5.74) is 1.30. The summed E-state index contributed by atoms with van der Waals surface area (Å²) in [5, 5.41) is 10.6. The van der Waals surface area contributed by atoms with Crippen LogP contribution in [-0.2, 0) is 6.54 Å². The standard InChI is InChI=1S/C15H22N3O2/c1-13(2)11-16-7-9-17(10-8-16)12-14-3-5-15(6-4-14)18(19)20/h3-6H,7-12H2,1-2H3. The largest absolute Gasteiger partial charge is 0.300 e. The van der Waals surface area contributed by atoms with Crippen LogP contribution in [0.25, 0.3) is 0 Å². The van der Waals surface area contributed by atoms with Gasteiger partial charge >= 0.3 is 0 Å². The maximum atomic E-state index is 10.6. The molecule has 0 spiro atoms. The molecular formula is C15H22N3O2. The summed E-state index contributed by atoms with van der Waals surface area (Å²) in [6, 6.07) is 6.88. The molecule has 1 radical (unpaired) electrons. The van der Waals surface area contributed by atoms with Crippen molar-refractivity contribution < 1.29 is 4.92 Å². The molecule has 0 saturated carbocycles. The van der Waals surface area contributed by atoms with E-state index in [1.165, 1.54) is 5.92 Å². The van der Waals surface area contributed by atoms with Gasteiger partial charge in [-0.05, 0) is 11.5 Å². The van der Waals surface area contributed by atoms with Crippen LogP contribution in [0, 0.1) is 16.0 Å². The summed E-state index contributed by atoms with van der Waals surface area (Å²) in [6.45, 7) is 10.6. The van der Waals surface area contributed by atoms with Gasteiger partial charge in [-0.1, -0.05) is 26.0 Å². The Morgan fingerprint density at radius 1 is 1.10 bits per heavy atom. The van der Waals surface area contributed by atoms with Crippen LogP contribution in [0.4, 0.5) is 5.69 Å². The zero-order valence-corrected chi connectivity index (χ0v) is 12.2. The first-order chi connectivity index (χ1) is 9.54. The molecule has 1 heterocycles. The number of piperazine rings is 1. The second-order valence-corrected chi connectivity index (χ2v) is 5.68. The van der Waals surface area contributed by atoms with Crippen molar-refractivity contribution in [2.45, 2.75) is 20.4 Å². The normalized spacial score (nSPS) is 17.6. The zero-order chi connectivity index (χ0) is 14.5. The maximum Gasteiger partial charge on any atom is 0.269 e. The number of rotatable bonds is 5. The van der Waals surface area contributed by atoms with Crippen LogP contribution in [0.2, 0.25) is 0 Å². The Bertz CT molecular complexity index is 437. The Balaban J connectivity index is 1.81. The molecular weight excluding hydrogens is 254 g/mol. The summed E-state index contributed by atoms with van der Waals surface area (Å²) in [5.74, 6) is 1.45. The molecule has 1 saturated heterocycles. The number of hydrogen-bond donors (Lipinski definition) is 0. The molecule has 20 heavy (non-hydrogen) atoms. The SMILES string of the molecule is C[C](C)CN1CCN(Cc2ccc([N+](=O)[O-])cc2)CC1. The van der Waals surface area contributed by atoms with E-state index in [0.29, 0.717) is 0 Å². The van der Waals surface area contributed by atoms with E-state index in [9.17, 15) is 10.1 Å². The Morgan fingerprint density at radius 3 is 2.15 bits per heavy atom. The first kappa shape index (κ1) is 14.9. The van der Waals surface area contributed by atoms with Gasteiger partial charge in [0.1, 0.15) is 0 Å². The minimum Gasteiger partial charge on any atom is -0.300 e. The highest BCUT2D eigenvalue weighted by Gasteiger charge is 2.17. The van der Waals surface area contributed by atoms with E-state index < -0.39 is 0 Å². The molecule has 1 fully saturated rings. The van der Waals surface area contributed by atoms with Crippen molar-refractivity contribution in [3.8, 4) is 0 Å². The molecule has 0 unspecified atom stereocenters. The van der Waals surface area contributed by atoms with E-state index >= 15 is 0 Å². The quantitative estimate of drug-likeness (QED) is 0.612. The van der Waals surface area contributed by atoms with Crippen LogP contribution < -0.4 is 0 Å². The fourth-order valence-corrected chi connectivity index (χ4v) is 2.53. The monoisotopic (exact) mass is 276 g/mol. The second kappa shape index (κ2) is 6.81. The van der Waals surface area contributed by atoms with E-state index in [-0.39, 0.29) is 10.6 Å². The molecule has 1 aromatic carbocycles. The molecule has 5 nitrogen and oxygen atoms in total. The second-order valence-electron chi connectivity index (χ2n) is 5.68. The maximum absolute atomic E-state index is 10.6. The lowest BCUT2D eigenvalue weighted by Gasteiger charge is -2.35. The van der Waals surface area contributed by atoms with Gasteiger partial charge in [-0.15, -0.1) is 0 Å². The number of non-ortho nitro benzene ring substituents is 1. The van der Waals surface area contributed by atoms with Gasteiger partial charge in [0.25, 0.3) is 5.69 Å². The third kappa shape index (κ3) is 4.28. The molecule has 0 N–H and O–H groups in total. The van der Waals surface area contributed by atoms with Gasteiger partial charge in [0, 0.05) is 51.4 Å². The predicted molar refractivity (Wildman–Crippen MR) is 79.4 cm³/mol. The smallest absolute Gasteiger partial charge is 0.269 e. The van der Waals surface area contributed by atoms with E-state index in [1.807, 2.05) is 12.1 Å². The van der Waals surface area contributed by atoms with E-state index in [4.69, 9.17) is 0 Å². The van der Waals surface area contributed by atoms with Gasteiger partial charge in [-0.2, -0.15) is 0 Å². The lowest BCUT2D eigenvalue weighted by Crippen LogP contribution is -2.46. The van der Waals surface area contributed by atoms with Crippen LogP contribution in [0.1, 0.15) is 19.4 Å². The van der Waals surface area contributed by atoms with E-state index in [2.05, 4.69) is 23.6 Å². The lowest BCUT2D eigenvalue weighted by molar-refractivity contribution is -0.384. The van der Waals surface area contributed by atoms with Gasteiger partial charge < -0.3 is 4.90 Å². The number of hydrogen-bond acceptors (Lipinski definition) is 4. The Hall–Kier alpha value is -1.46. The lowest BCUT2D eigenvalue weighted by atomic mass is 10.1. The van der Waals surface area contributed by atoms with Gasteiger partial charge in [0.15, 0.2) is 0 Å². The number of nitro benzene ring substituents is 1. The van der Waals surface area contributed by atoms with E-state index in [1.54, 1.807) is 12.1 Å². The summed E-state index contributed by atoms with van der Waals surface area (Å²) < 4.78 is 0. The molecule has 0 bridgehead atoms. The Labute approximate surface area is 120 Å². The first-order valence-electron chi connectivity index (χ1n) is 7.01. The predicted octanol–water partition coefficient (Wildman–Crippen LogP) is 2.33. The van der Waals surface area contributed by atoms with Crippen LogP contribution in [0.3, 0.4) is 0 Å². The molecule has 1 aliphatic rings. The third-order valence-electron chi connectivity index (χ3n) is 3.56. The van der Waals surface area contributed by atoms with Crippen molar-refractivity contribution in [2.24, 2.45) is 0 Å². The van der Waals surface area contributed by atoms with Gasteiger partial charge in [-0.3, -0.25) is 15.0 Å². The van der Waals surface area contributed by atoms with E-state index in [0.717, 1.165) is 44.8 Å². The van der Waals surface area contributed by atoms with Gasteiger partial charge in [0.2, 0.25) is 0 Å². The van der Waals surface area contributed by atoms with Gasteiger partial charge in [0.05, 0.1) is 4.92 Å². The molecule has 2 rings (SSSR count). The van der Waals surface area contributed by atoms with Crippen molar-refractivity contribution in [1.29, 1.82) is 0 Å². The topological polar surface area (TPSA) is 49.6 Å². The molecule has 5 heteroatoms. The van der Waals surface area contributed by atoms with Crippen molar-refractivity contribution in [3.63, 3.8) is 0 Å². The summed E-state index contributed by atoms with van der Waals surface area (Å²) in [6.07, 6.45) is 0. The number of nitrogens with zero attached hydrogens (tertiary/aromatic N) is 3. The Kier molecular flexibility index (Phi) is 5.09. The molecule has 0 atom stereocenters. The molecule has 1 aliphatic heterocycles. The molecule has 0 aromatic heterocycles. The van der Waals surface area contributed by atoms with Crippen LogP contribution in [-0.4, -0.2) is 47.4 Å². The highest BCUT2D eigenvalue weighted by molar-refractivity contribution is 5.32.